The Morgan fingerprint density at radius 3 is 2.69 bits per heavy atom. The Morgan fingerprint density at radius 1 is 1.19 bits per heavy atom. The van der Waals surface area contributed by atoms with E-state index in [0.29, 0.717) is 6.54 Å². The molecule has 0 saturated carbocycles. The molecule has 1 atom stereocenters. The number of aromatic nitrogens is 1. The zero-order chi connectivity index (χ0) is 18.4. The van der Waals surface area contributed by atoms with Crippen molar-refractivity contribution < 1.29 is 9.53 Å². The van der Waals surface area contributed by atoms with E-state index in [0.717, 1.165) is 26.9 Å². The van der Waals surface area contributed by atoms with Crippen molar-refractivity contribution in [2.24, 2.45) is 0 Å². The predicted molar refractivity (Wildman–Crippen MR) is 108 cm³/mol. The number of hydrogen-bond donors (Lipinski definition) is 1. The number of benzene rings is 2. The van der Waals surface area contributed by atoms with Gasteiger partial charge in [-0.15, -0.1) is 11.3 Å². The molecule has 1 heterocycles. The van der Waals surface area contributed by atoms with Crippen molar-refractivity contribution in [3.05, 3.63) is 65.5 Å². The fourth-order valence-corrected chi connectivity index (χ4v) is 4.43. The molecule has 0 bridgehead atoms. The Bertz CT molecular complexity index is 865. The first-order chi connectivity index (χ1) is 12.7. The molecule has 0 aliphatic carbocycles. The number of methoxy groups -OCH3 is 1. The number of para-hydroxylation sites is 1. The van der Waals surface area contributed by atoms with Crippen LogP contribution in [0.15, 0.2) is 64.3 Å². The van der Waals surface area contributed by atoms with Gasteiger partial charge in [0.1, 0.15) is 5.75 Å². The van der Waals surface area contributed by atoms with Crippen LogP contribution < -0.4 is 10.1 Å². The molecule has 0 spiro atoms. The molecule has 0 saturated heterocycles. The molecule has 0 unspecified atom stereocenters. The monoisotopic (exact) mass is 384 g/mol. The molecule has 0 aliphatic rings. The van der Waals surface area contributed by atoms with Crippen LogP contribution >= 0.6 is 23.1 Å². The fourth-order valence-electron chi connectivity index (χ4n) is 2.43. The Hall–Kier alpha value is -2.31. The van der Waals surface area contributed by atoms with E-state index in [-0.39, 0.29) is 11.2 Å². The number of hydrogen-bond acceptors (Lipinski definition) is 5. The number of ether oxygens (including phenoxy) is 1. The molecule has 1 amide bonds. The maximum absolute atomic E-state index is 12.4. The molecule has 3 aromatic rings. The SMILES string of the molecule is COc1ccccc1CNC(=O)[C@@H](C)Sc1nc(-c2ccccc2)cs1. The Morgan fingerprint density at radius 2 is 1.92 bits per heavy atom. The first-order valence-electron chi connectivity index (χ1n) is 8.24. The summed E-state index contributed by atoms with van der Waals surface area (Å²) in [7, 11) is 1.63. The molecule has 3 rings (SSSR count). The van der Waals surface area contributed by atoms with Crippen molar-refractivity contribution in [1.29, 1.82) is 0 Å². The molecule has 2 aromatic carbocycles. The van der Waals surface area contributed by atoms with E-state index in [1.165, 1.54) is 11.8 Å². The third-order valence-electron chi connectivity index (χ3n) is 3.85. The summed E-state index contributed by atoms with van der Waals surface area (Å²) in [5.74, 6) is 0.762. The highest BCUT2D eigenvalue weighted by Gasteiger charge is 2.17. The predicted octanol–water partition coefficient (Wildman–Crippen LogP) is 4.62. The lowest BCUT2D eigenvalue weighted by Gasteiger charge is -2.12. The van der Waals surface area contributed by atoms with Gasteiger partial charge in [-0.25, -0.2) is 4.98 Å². The zero-order valence-corrected chi connectivity index (χ0v) is 16.3. The van der Waals surface area contributed by atoms with E-state index in [2.05, 4.69) is 10.3 Å². The molecule has 1 N–H and O–H groups in total. The Labute approximate surface area is 161 Å². The van der Waals surface area contributed by atoms with Crippen LogP contribution in [0.2, 0.25) is 0 Å². The van der Waals surface area contributed by atoms with Gasteiger partial charge in [-0.05, 0) is 13.0 Å². The molecule has 0 radical (unpaired) electrons. The first kappa shape index (κ1) is 18.5. The van der Waals surface area contributed by atoms with E-state index in [9.17, 15) is 4.79 Å². The van der Waals surface area contributed by atoms with E-state index in [1.807, 2.05) is 66.9 Å². The number of thioether (sulfide) groups is 1. The van der Waals surface area contributed by atoms with E-state index in [1.54, 1.807) is 18.4 Å². The van der Waals surface area contributed by atoms with Crippen LogP contribution in [-0.2, 0) is 11.3 Å². The van der Waals surface area contributed by atoms with Crippen LogP contribution in [0, 0.1) is 0 Å². The maximum atomic E-state index is 12.4. The molecule has 6 heteroatoms. The van der Waals surface area contributed by atoms with Crippen LogP contribution in [-0.4, -0.2) is 23.3 Å². The normalized spacial score (nSPS) is 11.8. The fraction of sp³-hybridized carbons (Fsp3) is 0.200. The number of nitrogens with one attached hydrogen (secondary N) is 1. The number of rotatable bonds is 7. The molecule has 134 valence electrons. The van der Waals surface area contributed by atoms with Crippen molar-refractivity contribution in [2.45, 2.75) is 23.1 Å². The van der Waals surface area contributed by atoms with Gasteiger partial charge in [0.15, 0.2) is 4.34 Å². The number of carbonyl (C=O) groups is 1. The lowest BCUT2D eigenvalue weighted by Crippen LogP contribution is -2.30. The summed E-state index contributed by atoms with van der Waals surface area (Å²) in [5, 5.41) is 4.77. The molecular formula is C20H20N2O2S2. The number of nitrogens with zero attached hydrogens (tertiary/aromatic N) is 1. The van der Waals surface area contributed by atoms with E-state index >= 15 is 0 Å². The smallest absolute Gasteiger partial charge is 0.233 e. The molecular weight excluding hydrogens is 364 g/mol. The highest BCUT2D eigenvalue weighted by atomic mass is 32.2. The second kappa shape index (κ2) is 8.87. The summed E-state index contributed by atoms with van der Waals surface area (Å²) in [5.41, 5.74) is 2.99. The van der Waals surface area contributed by atoms with Gasteiger partial charge >= 0.3 is 0 Å². The van der Waals surface area contributed by atoms with Gasteiger partial charge in [-0.3, -0.25) is 4.79 Å². The minimum Gasteiger partial charge on any atom is -0.496 e. The van der Waals surface area contributed by atoms with Crippen LogP contribution in [0.5, 0.6) is 5.75 Å². The topological polar surface area (TPSA) is 51.2 Å². The average molecular weight is 385 g/mol. The van der Waals surface area contributed by atoms with Crippen molar-refractivity contribution in [3.63, 3.8) is 0 Å². The third-order valence-corrected chi connectivity index (χ3v) is 5.92. The van der Waals surface area contributed by atoms with Crippen molar-refractivity contribution in [1.82, 2.24) is 10.3 Å². The number of thiazole rings is 1. The lowest BCUT2D eigenvalue weighted by molar-refractivity contribution is -0.120. The summed E-state index contributed by atoms with van der Waals surface area (Å²) < 4.78 is 6.21. The van der Waals surface area contributed by atoms with E-state index in [4.69, 9.17) is 4.74 Å². The number of carbonyl (C=O) groups excluding carboxylic acids is 1. The van der Waals surface area contributed by atoms with E-state index < -0.39 is 0 Å². The minimum absolute atomic E-state index is 0.0163. The summed E-state index contributed by atoms with van der Waals surface area (Å²) in [6.45, 7) is 2.34. The molecule has 26 heavy (non-hydrogen) atoms. The van der Waals surface area contributed by atoms with Crippen LogP contribution in [0.3, 0.4) is 0 Å². The van der Waals surface area contributed by atoms with Gasteiger partial charge in [0.05, 0.1) is 18.1 Å². The summed E-state index contributed by atoms with van der Waals surface area (Å²) >= 11 is 3.04. The summed E-state index contributed by atoms with van der Waals surface area (Å²) in [6, 6.07) is 17.7. The van der Waals surface area contributed by atoms with Crippen LogP contribution in [0.4, 0.5) is 0 Å². The summed E-state index contributed by atoms with van der Waals surface area (Å²) in [4.78, 5) is 17.0. The standard InChI is InChI=1S/C20H20N2O2S2/c1-14(19(23)21-12-16-10-6-7-11-18(16)24-2)26-20-22-17(13-25-20)15-8-4-3-5-9-15/h3-11,13-14H,12H2,1-2H3,(H,21,23)/t14-/m1/s1. The van der Waals surface area contributed by atoms with Gasteiger partial charge in [0.2, 0.25) is 5.91 Å². The second-order valence-corrected chi connectivity index (χ2v) is 8.10. The molecule has 1 aromatic heterocycles. The molecule has 0 aliphatic heterocycles. The third kappa shape index (κ3) is 4.65. The highest BCUT2D eigenvalue weighted by molar-refractivity contribution is 8.02. The molecule has 0 fully saturated rings. The number of amides is 1. The quantitative estimate of drug-likeness (QED) is 0.604. The second-order valence-electron chi connectivity index (χ2n) is 5.65. The first-order valence-corrected chi connectivity index (χ1v) is 10.0. The van der Waals surface area contributed by atoms with Gasteiger partial charge in [0, 0.05) is 23.1 Å². The van der Waals surface area contributed by atoms with Gasteiger partial charge in [-0.1, -0.05) is 60.3 Å². The minimum atomic E-state index is -0.223. The van der Waals surface area contributed by atoms with Gasteiger partial charge in [-0.2, -0.15) is 0 Å². The average Bonchev–Trinajstić information content (AvgIpc) is 3.15. The summed E-state index contributed by atoms with van der Waals surface area (Å²) in [6.07, 6.45) is 0. The lowest BCUT2D eigenvalue weighted by atomic mass is 10.2. The van der Waals surface area contributed by atoms with Crippen molar-refractivity contribution in [2.75, 3.05) is 7.11 Å². The van der Waals surface area contributed by atoms with Crippen LogP contribution in [0.1, 0.15) is 12.5 Å². The zero-order valence-electron chi connectivity index (χ0n) is 14.6. The Balaban J connectivity index is 1.57. The van der Waals surface area contributed by atoms with Crippen molar-refractivity contribution >= 4 is 29.0 Å². The van der Waals surface area contributed by atoms with Crippen molar-refractivity contribution in [3.8, 4) is 17.0 Å². The van der Waals surface area contributed by atoms with Gasteiger partial charge < -0.3 is 10.1 Å². The highest BCUT2D eigenvalue weighted by Crippen LogP contribution is 2.30. The largest absolute Gasteiger partial charge is 0.496 e. The van der Waals surface area contributed by atoms with Gasteiger partial charge in [0.25, 0.3) is 0 Å². The van der Waals surface area contributed by atoms with Crippen LogP contribution in [0.25, 0.3) is 11.3 Å². The maximum Gasteiger partial charge on any atom is 0.233 e. The Kier molecular flexibility index (Phi) is 6.30. The molecule has 4 nitrogen and oxygen atoms in total.